The van der Waals surface area contributed by atoms with E-state index in [1.54, 1.807) is 45.4 Å². The normalized spacial score (nSPS) is 13.4. The summed E-state index contributed by atoms with van der Waals surface area (Å²) in [5.41, 5.74) is 1.98. The first-order valence-corrected chi connectivity index (χ1v) is 8.28. The summed E-state index contributed by atoms with van der Waals surface area (Å²) in [6.45, 7) is 5.82. The van der Waals surface area contributed by atoms with E-state index < -0.39 is 11.9 Å². The number of hydrogen-bond donors (Lipinski definition) is 2. The van der Waals surface area contributed by atoms with Crippen LogP contribution in [0.15, 0.2) is 30.6 Å². The van der Waals surface area contributed by atoms with Crippen molar-refractivity contribution in [3.63, 3.8) is 0 Å². The number of carbonyl (C=O) groups excluding carboxylic acids is 1. The van der Waals surface area contributed by atoms with Crippen LogP contribution in [-0.2, 0) is 0 Å². The molecule has 0 fully saturated rings. The number of rotatable bonds is 6. The lowest BCUT2D eigenvalue weighted by molar-refractivity contribution is 0.162. The second kappa shape index (κ2) is 8.11. The molecule has 25 heavy (non-hydrogen) atoms. The molecule has 2 atom stereocenters. The number of halogens is 1. The molecule has 2 aromatic rings. The van der Waals surface area contributed by atoms with Gasteiger partial charge in [-0.1, -0.05) is 6.07 Å². The summed E-state index contributed by atoms with van der Waals surface area (Å²) < 4.78 is 15.9. The first-order valence-electron chi connectivity index (χ1n) is 8.28. The Hall–Kier alpha value is -2.41. The zero-order chi connectivity index (χ0) is 18.6. The number of aromatic nitrogens is 2. The van der Waals surface area contributed by atoms with Crippen LogP contribution in [0.2, 0.25) is 0 Å². The average molecular weight is 348 g/mol. The third kappa shape index (κ3) is 5.03. The van der Waals surface area contributed by atoms with E-state index in [-0.39, 0.29) is 12.1 Å². The van der Waals surface area contributed by atoms with Gasteiger partial charge in [-0.05, 0) is 50.5 Å². The topological polar surface area (TPSA) is 70.4 Å². The molecular weight excluding hydrogens is 323 g/mol. The highest BCUT2D eigenvalue weighted by Crippen LogP contribution is 2.20. The highest BCUT2D eigenvalue weighted by atomic mass is 19.1. The standard InChI is InChI=1S/C18H25FN4O2/c1-12-10-20-23(11-12)17-6-5-15(9-16(17)19)14(3)21-18(25)22(4)8-7-13(2)24/h5-6,9-11,13-14,24H,7-8H2,1-4H3,(H,21,25)/t13-,14-/m0/s1. The van der Waals surface area contributed by atoms with Gasteiger partial charge in [-0.3, -0.25) is 0 Å². The summed E-state index contributed by atoms with van der Waals surface area (Å²) in [6, 6.07) is 4.23. The van der Waals surface area contributed by atoms with Crippen molar-refractivity contribution in [2.45, 2.75) is 39.3 Å². The number of aliphatic hydroxyl groups excluding tert-OH is 1. The van der Waals surface area contributed by atoms with Gasteiger partial charge < -0.3 is 15.3 Å². The number of aryl methyl sites for hydroxylation is 1. The lowest BCUT2D eigenvalue weighted by Gasteiger charge is -2.22. The average Bonchev–Trinajstić information content (AvgIpc) is 2.98. The summed E-state index contributed by atoms with van der Waals surface area (Å²) in [4.78, 5) is 13.6. The van der Waals surface area contributed by atoms with Crippen LogP contribution in [-0.4, -0.2) is 45.5 Å². The van der Waals surface area contributed by atoms with Crippen molar-refractivity contribution in [2.24, 2.45) is 0 Å². The summed E-state index contributed by atoms with van der Waals surface area (Å²) in [6.07, 6.45) is 3.46. The number of benzene rings is 1. The molecule has 0 saturated heterocycles. The fourth-order valence-corrected chi connectivity index (χ4v) is 2.38. The van der Waals surface area contributed by atoms with Gasteiger partial charge in [-0.25, -0.2) is 13.9 Å². The van der Waals surface area contributed by atoms with Crippen LogP contribution in [0.3, 0.4) is 0 Å². The number of carbonyl (C=O) groups is 1. The quantitative estimate of drug-likeness (QED) is 0.843. The van der Waals surface area contributed by atoms with Gasteiger partial charge in [0.1, 0.15) is 11.5 Å². The minimum Gasteiger partial charge on any atom is -0.393 e. The Bertz CT molecular complexity index is 730. The third-order valence-electron chi connectivity index (χ3n) is 4.00. The van der Waals surface area contributed by atoms with Crippen LogP contribution in [0.25, 0.3) is 5.69 Å². The molecule has 0 aliphatic heterocycles. The Kier molecular flexibility index (Phi) is 6.14. The van der Waals surface area contributed by atoms with Gasteiger partial charge in [0.15, 0.2) is 0 Å². The van der Waals surface area contributed by atoms with Gasteiger partial charge in [0, 0.05) is 19.8 Å². The molecule has 7 heteroatoms. The monoisotopic (exact) mass is 348 g/mol. The van der Waals surface area contributed by atoms with Crippen molar-refractivity contribution >= 4 is 6.03 Å². The molecule has 0 spiro atoms. The number of amides is 2. The molecule has 0 aliphatic carbocycles. The van der Waals surface area contributed by atoms with Gasteiger partial charge in [0.25, 0.3) is 0 Å². The van der Waals surface area contributed by atoms with Crippen LogP contribution in [0.1, 0.15) is 37.4 Å². The number of aliphatic hydroxyl groups is 1. The molecule has 2 amide bonds. The molecule has 0 bridgehead atoms. The van der Waals surface area contributed by atoms with Gasteiger partial charge >= 0.3 is 6.03 Å². The number of hydrogen-bond acceptors (Lipinski definition) is 3. The Balaban J connectivity index is 2.03. The van der Waals surface area contributed by atoms with Crippen molar-refractivity contribution in [3.8, 4) is 5.69 Å². The zero-order valence-corrected chi connectivity index (χ0v) is 15.0. The Morgan fingerprint density at radius 2 is 2.16 bits per heavy atom. The van der Waals surface area contributed by atoms with Crippen LogP contribution in [0, 0.1) is 12.7 Å². The van der Waals surface area contributed by atoms with Gasteiger partial charge in [0.05, 0.1) is 18.3 Å². The van der Waals surface area contributed by atoms with Crippen LogP contribution in [0.5, 0.6) is 0 Å². The summed E-state index contributed by atoms with van der Waals surface area (Å²) >= 11 is 0. The van der Waals surface area contributed by atoms with Crippen molar-refractivity contribution in [3.05, 3.63) is 47.5 Å². The highest BCUT2D eigenvalue weighted by molar-refractivity contribution is 5.74. The molecule has 2 rings (SSSR count). The van der Waals surface area contributed by atoms with E-state index in [9.17, 15) is 14.3 Å². The molecule has 6 nitrogen and oxygen atoms in total. The lowest BCUT2D eigenvalue weighted by Crippen LogP contribution is -2.39. The maximum absolute atomic E-state index is 14.4. The molecular formula is C18H25FN4O2. The van der Waals surface area contributed by atoms with Gasteiger partial charge in [-0.2, -0.15) is 5.10 Å². The van der Waals surface area contributed by atoms with Crippen molar-refractivity contribution in [1.82, 2.24) is 20.0 Å². The highest BCUT2D eigenvalue weighted by Gasteiger charge is 2.16. The Morgan fingerprint density at radius 3 is 2.72 bits per heavy atom. The van der Waals surface area contributed by atoms with Gasteiger partial charge in [-0.15, -0.1) is 0 Å². The molecule has 1 aromatic carbocycles. The SMILES string of the molecule is Cc1cnn(-c2ccc([C@H](C)NC(=O)N(C)CC[C@H](C)O)cc2F)c1. The second-order valence-electron chi connectivity index (χ2n) is 6.40. The van der Waals surface area contributed by atoms with E-state index >= 15 is 0 Å². The van der Waals surface area contributed by atoms with E-state index in [0.29, 0.717) is 24.2 Å². The van der Waals surface area contributed by atoms with E-state index in [4.69, 9.17) is 0 Å². The minimum atomic E-state index is -0.458. The fraction of sp³-hybridized carbons (Fsp3) is 0.444. The molecule has 0 radical (unpaired) electrons. The molecule has 0 aliphatic rings. The maximum Gasteiger partial charge on any atom is 0.317 e. The fourth-order valence-electron chi connectivity index (χ4n) is 2.38. The van der Waals surface area contributed by atoms with Crippen molar-refractivity contribution in [2.75, 3.05) is 13.6 Å². The first kappa shape index (κ1) is 18.9. The van der Waals surface area contributed by atoms with E-state index in [0.717, 1.165) is 5.56 Å². The largest absolute Gasteiger partial charge is 0.393 e. The predicted molar refractivity (Wildman–Crippen MR) is 94.1 cm³/mol. The smallest absolute Gasteiger partial charge is 0.317 e. The van der Waals surface area contributed by atoms with Gasteiger partial charge in [0.2, 0.25) is 0 Å². The second-order valence-corrected chi connectivity index (χ2v) is 6.40. The van der Waals surface area contributed by atoms with Crippen molar-refractivity contribution in [1.29, 1.82) is 0 Å². The number of nitrogens with zero attached hydrogens (tertiary/aromatic N) is 3. The summed E-state index contributed by atoms with van der Waals surface area (Å²) in [5, 5.41) is 16.2. The molecule has 136 valence electrons. The van der Waals surface area contributed by atoms with Crippen LogP contribution in [0.4, 0.5) is 9.18 Å². The van der Waals surface area contributed by atoms with Crippen LogP contribution < -0.4 is 5.32 Å². The Labute approximate surface area is 147 Å². The summed E-state index contributed by atoms with van der Waals surface area (Å²) in [5.74, 6) is -0.399. The van der Waals surface area contributed by atoms with Crippen molar-refractivity contribution < 1.29 is 14.3 Å². The van der Waals surface area contributed by atoms with E-state index in [2.05, 4.69) is 10.4 Å². The number of nitrogens with one attached hydrogen (secondary N) is 1. The molecule has 2 N–H and O–H groups in total. The lowest BCUT2D eigenvalue weighted by atomic mass is 10.1. The molecule has 0 saturated carbocycles. The van der Waals surface area contributed by atoms with E-state index in [1.165, 1.54) is 15.6 Å². The minimum absolute atomic E-state index is 0.264. The molecule has 0 unspecified atom stereocenters. The summed E-state index contributed by atoms with van der Waals surface area (Å²) in [7, 11) is 1.66. The number of urea groups is 1. The Morgan fingerprint density at radius 1 is 1.44 bits per heavy atom. The van der Waals surface area contributed by atoms with E-state index in [1.807, 2.05) is 6.92 Å². The first-order chi connectivity index (χ1) is 11.8. The predicted octanol–water partition coefficient (Wildman–Crippen LogP) is 2.79. The third-order valence-corrected chi connectivity index (χ3v) is 4.00. The molecule has 1 aromatic heterocycles. The molecule has 1 heterocycles. The maximum atomic E-state index is 14.4. The zero-order valence-electron chi connectivity index (χ0n) is 15.0. The van der Waals surface area contributed by atoms with Crippen LogP contribution >= 0.6 is 0 Å².